The lowest BCUT2D eigenvalue weighted by Gasteiger charge is -2.26. The molecule has 0 saturated carbocycles. The third kappa shape index (κ3) is 7.90. The lowest BCUT2D eigenvalue weighted by Crippen LogP contribution is -2.12. The maximum atomic E-state index is 13.3. The molecule has 0 heterocycles. The third-order valence-corrected chi connectivity index (χ3v) is 8.09. The minimum Gasteiger partial charge on any atom is -0.311 e. The van der Waals surface area contributed by atoms with Gasteiger partial charge in [-0.1, -0.05) is 122 Å². The molecule has 0 radical (unpaired) electrons. The minimum absolute atomic E-state index is 0.00251. The second-order valence-corrected chi connectivity index (χ2v) is 13.6. The molecule has 0 aliphatic rings. The van der Waals surface area contributed by atoms with Gasteiger partial charge < -0.3 is 4.90 Å². The Bertz CT molecular complexity index is 1640. The molecule has 5 rings (SSSR count). The highest BCUT2D eigenvalue weighted by Crippen LogP contribution is 2.35. The quantitative estimate of drug-likeness (QED) is 0.172. The number of carbonyl (C=O) groups is 2. The number of hydrogen-bond donors (Lipinski definition) is 0. The van der Waals surface area contributed by atoms with Gasteiger partial charge in [0.2, 0.25) is 0 Å². The topological polar surface area (TPSA) is 37.4 Å². The molecule has 0 aromatic heterocycles. The van der Waals surface area contributed by atoms with Crippen molar-refractivity contribution in [3.8, 4) is 0 Å². The summed E-state index contributed by atoms with van der Waals surface area (Å²) in [5.74, 6) is -0.00501. The summed E-state index contributed by atoms with van der Waals surface area (Å²) in [6, 6.07) is 39.6. The summed E-state index contributed by atoms with van der Waals surface area (Å²) in [5.41, 5.74) is 9.10. The molecule has 0 bridgehead atoms. The summed E-state index contributed by atoms with van der Waals surface area (Å²) in [5, 5.41) is 0. The first-order valence-corrected chi connectivity index (χ1v) is 16.2. The van der Waals surface area contributed by atoms with E-state index < -0.39 is 0 Å². The molecule has 0 fully saturated rings. The smallest absolute Gasteiger partial charge is 0.193 e. The van der Waals surface area contributed by atoms with Gasteiger partial charge in [0.1, 0.15) is 0 Å². The Morgan fingerprint density at radius 3 is 0.913 bits per heavy atom. The van der Waals surface area contributed by atoms with Gasteiger partial charge in [-0.3, -0.25) is 9.59 Å². The molecule has 0 spiro atoms. The zero-order valence-electron chi connectivity index (χ0n) is 28.8. The van der Waals surface area contributed by atoms with Crippen LogP contribution in [0.15, 0.2) is 121 Å². The molecule has 236 valence electrons. The molecule has 0 unspecified atom stereocenters. The van der Waals surface area contributed by atoms with E-state index in [4.69, 9.17) is 0 Å². The van der Waals surface area contributed by atoms with Gasteiger partial charge in [0.25, 0.3) is 0 Å². The fraction of sp³-hybridized carbons (Fsp3) is 0.256. The molecular weight excluding hydrogens is 562 g/mol. The van der Waals surface area contributed by atoms with Crippen molar-refractivity contribution in [2.75, 3.05) is 4.90 Å². The van der Waals surface area contributed by atoms with Gasteiger partial charge in [-0.2, -0.15) is 0 Å². The van der Waals surface area contributed by atoms with Crippen molar-refractivity contribution in [2.45, 2.75) is 73.1 Å². The van der Waals surface area contributed by atoms with Gasteiger partial charge in [-0.15, -0.1) is 0 Å². The van der Waals surface area contributed by atoms with Crippen LogP contribution >= 0.6 is 0 Å². The molecule has 3 heteroatoms. The molecule has 0 aliphatic carbocycles. The summed E-state index contributed by atoms with van der Waals surface area (Å²) in [7, 11) is 0. The predicted octanol–water partition coefficient (Wildman–Crippen LogP) is 11.5. The van der Waals surface area contributed by atoms with E-state index in [0.717, 1.165) is 17.1 Å². The highest BCUT2D eigenvalue weighted by molar-refractivity contribution is 6.10. The molecule has 0 N–H and O–H groups in total. The standard InChI is InChI=1S/C41H41NO2.C2H6/c1-28-8-22-35(23-9-28)42(36-24-14-31(15-25-36)38(43)29-10-18-33(19-11-29)40(2,3)4)37-26-16-32(17-27-37)39(44)30-12-20-34(21-13-30)41(5,6)7;1-2/h8-27H,1-7H3;1-2H3. The average Bonchev–Trinajstić information content (AvgIpc) is 3.06. The van der Waals surface area contributed by atoms with Crippen LogP contribution < -0.4 is 4.90 Å². The first-order chi connectivity index (χ1) is 21.8. The number of nitrogens with zero attached hydrogens (tertiary/aromatic N) is 1. The average molecular weight is 610 g/mol. The van der Waals surface area contributed by atoms with Crippen molar-refractivity contribution in [2.24, 2.45) is 0 Å². The van der Waals surface area contributed by atoms with Crippen molar-refractivity contribution >= 4 is 28.6 Å². The van der Waals surface area contributed by atoms with Crippen molar-refractivity contribution in [1.82, 2.24) is 0 Å². The van der Waals surface area contributed by atoms with Crippen LogP contribution in [0.4, 0.5) is 17.1 Å². The number of aryl methyl sites for hydroxylation is 1. The monoisotopic (exact) mass is 609 g/mol. The predicted molar refractivity (Wildman–Crippen MR) is 194 cm³/mol. The maximum absolute atomic E-state index is 13.3. The highest BCUT2D eigenvalue weighted by atomic mass is 16.1. The summed E-state index contributed by atoms with van der Waals surface area (Å²) in [6.45, 7) is 19.1. The number of ketones is 2. The number of carbonyl (C=O) groups excluding carboxylic acids is 2. The van der Waals surface area contributed by atoms with Crippen LogP contribution in [-0.2, 0) is 10.8 Å². The van der Waals surface area contributed by atoms with Crippen molar-refractivity contribution in [1.29, 1.82) is 0 Å². The van der Waals surface area contributed by atoms with E-state index in [9.17, 15) is 9.59 Å². The lowest BCUT2D eigenvalue weighted by atomic mass is 9.86. The molecule has 5 aromatic rings. The van der Waals surface area contributed by atoms with E-state index in [1.54, 1.807) is 0 Å². The zero-order valence-corrected chi connectivity index (χ0v) is 28.8. The van der Waals surface area contributed by atoms with Crippen LogP contribution in [0.5, 0.6) is 0 Å². The Balaban J connectivity index is 0.00000235. The number of rotatable bonds is 7. The van der Waals surface area contributed by atoms with Crippen LogP contribution in [0.1, 0.15) is 104 Å². The molecule has 0 aliphatic heterocycles. The molecule has 3 nitrogen and oxygen atoms in total. The normalized spacial score (nSPS) is 11.3. The number of benzene rings is 5. The molecule has 0 saturated heterocycles. The van der Waals surface area contributed by atoms with Gasteiger partial charge in [0.15, 0.2) is 11.6 Å². The largest absolute Gasteiger partial charge is 0.311 e. The second kappa shape index (κ2) is 14.1. The SMILES string of the molecule is CC.Cc1ccc(N(c2ccc(C(=O)c3ccc(C(C)(C)C)cc3)cc2)c2ccc(C(=O)c3ccc(C(C)(C)C)cc3)cc2)cc1. The molecule has 0 atom stereocenters. The van der Waals surface area contributed by atoms with Gasteiger partial charge in [-0.25, -0.2) is 0 Å². The van der Waals surface area contributed by atoms with Crippen LogP contribution in [0, 0.1) is 6.92 Å². The van der Waals surface area contributed by atoms with E-state index in [0.29, 0.717) is 22.3 Å². The van der Waals surface area contributed by atoms with Crippen LogP contribution in [-0.4, -0.2) is 11.6 Å². The van der Waals surface area contributed by atoms with E-state index in [1.165, 1.54) is 16.7 Å². The van der Waals surface area contributed by atoms with E-state index in [-0.39, 0.29) is 22.4 Å². The molecule has 5 aromatic carbocycles. The van der Waals surface area contributed by atoms with Gasteiger partial charge >= 0.3 is 0 Å². The van der Waals surface area contributed by atoms with E-state index in [2.05, 4.69) is 77.6 Å². The summed E-state index contributed by atoms with van der Waals surface area (Å²) in [4.78, 5) is 28.7. The number of hydrogen-bond acceptors (Lipinski definition) is 3. The van der Waals surface area contributed by atoms with Crippen molar-refractivity contribution < 1.29 is 9.59 Å². The van der Waals surface area contributed by atoms with E-state index in [1.807, 2.05) is 111 Å². The third-order valence-electron chi connectivity index (χ3n) is 8.09. The molecule has 0 amide bonds. The Morgan fingerprint density at radius 1 is 0.413 bits per heavy atom. The van der Waals surface area contributed by atoms with Crippen LogP contribution in [0.25, 0.3) is 0 Å². The zero-order chi connectivity index (χ0) is 33.6. The molecule has 46 heavy (non-hydrogen) atoms. The second-order valence-electron chi connectivity index (χ2n) is 13.6. The summed E-state index contributed by atoms with van der Waals surface area (Å²) in [6.07, 6.45) is 0. The van der Waals surface area contributed by atoms with Gasteiger partial charge in [-0.05, 0) is 89.5 Å². The van der Waals surface area contributed by atoms with Crippen molar-refractivity contribution in [3.63, 3.8) is 0 Å². The first-order valence-electron chi connectivity index (χ1n) is 16.2. The van der Waals surface area contributed by atoms with Crippen LogP contribution in [0.3, 0.4) is 0 Å². The maximum Gasteiger partial charge on any atom is 0.193 e. The fourth-order valence-electron chi connectivity index (χ4n) is 5.24. The Kier molecular flexibility index (Phi) is 10.5. The molecular formula is C43H47NO2. The number of anilines is 3. The highest BCUT2D eigenvalue weighted by Gasteiger charge is 2.19. The van der Waals surface area contributed by atoms with Gasteiger partial charge in [0, 0.05) is 39.3 Å². The van der Waals surface area contributed by atoms with E-state index >= 15 is 0 Å². The van der Waals surface area contributed by atoms with Gasteiger partial charge in [0.05, 0.1) is 0 Å². The Hall–Kier alpha value is -4.76. The Labute approximate surface area is 275 Å². The summed E-state index contributed by atoms with van der Waals surface area (Å²) < 4.78 is 0. The first kappa shape index (κ1) is 34.1. The summed E-state index contributed by atoms with van der Waals surface area (Å²) >= 11 is 0. The minimum atomic E-state index is -0.00251. The van der Waals surface area contributed by atoms with Crippen molar-refractivity contribution in [3.05, 3.63) is 160 Å². The lowest BCUT2D eigenvalue weighted by molar-refractivity contribution is 0.103. The Morgan fingerprint density at radius 2 is 0.652 bits per heavy atom. The fourth-order valence-corrected chi connectivity index (χ4v) is 5.24. The van der Waals surface area contributed by atoms with Crippen LogP contribution in [0.2, 0.25) is 0 Å².